The average Bonchev–Trinajstić information content (AvgIpc) is 3.64. The van der Waals surface area contributed by atoms with Crippen LogP contribution in [-0.2, 0) is 4.74 Å². The van der Waals surface area contributed by atoms with E-state index in [1.165, 1.54) is 16.8 Å². The summed E-state index contributed by atoms with van der Waals surface area (Å²) in [4.78, 5) is 58.2. The van der Waals surface area contributed by atoms with Crippen LogP contribution in [0.15, 0.2) is 46.1 Å². The summed E-state index contributed by atoms with van der Waals surface area (Å²) in [6.45, 7) is 2.06. The van der Waals surface area contributed by atoms with Gasteiger partial charge in [0.2, 0.25) is 0 Å². The Morgan fingerprint density at radius 3 is 2.62 bits per heavy atom. The molecule has 10 nitrogen and oxygen atoms in total. The van der Waals surface area contributed by atoms with Crippen molar-refractivity contribution in [1.29, 1.82) is 0 Å². The number of ether oxygens (including phenoxy) is 1. The molecule has 1 aliphatic carbocycles. The summed E-state index contributed by atoms with van der Waals surface area (Å²) in [5.74, 6) is -0.597. The molecule has 0 spiro atoms. The molecule has 1 aliphatic heterocycles. The van der Waals surface area contributed by atoms with E-state index < -0.39 is 17.2 Å². The molecule has 0 bridgehead atoms. The molecule has 32 heavy (non-hydrogen) atoms. The van der Waals surface area contributed by atoms with Crippen molar-refractivity contribution < 1.29 is 14.3 Å². The lowest BCUT2D eigenvalue weighted by atomic mass is 10.1. The van der Waals surface area contributed by atoms with Gasteiger partial charge in [0.15, 0.2) is 0 Å². The van der Waals surface area contributed by atoms with Gasteiger partial charge in [-0.15, -0.1) is 0 Å². The summed E-state index contributed by atoms with van der Waals surface area (Å²) in [7, 11) is 0. The van der Waals surface area contributed by atoms with E-state index in [1.54, 1.807) is 29.2 Å². The maximum Gasteiger partial charge on any atom is 0.330 e. The van der Waals surface area contributed by atoms with E-state index >= 15 is 0 Å². The zero-order valence-electron chi connectivity index (χ0n) is 17.2. The van der Waals surface area contributed by atoms with Crippen molar-refractivity contribution in [1.82, 2.24) is 19.4 Å². The highest BCUT2D eigenvalue weighted by Gasteiger charge is 2.28. The minimum atomic E-state index is -0.581. The van der Waals surface area contributed by atoms with E-state index in [-0.39, 0.29) is 28.5 Å². The molecule has 10 heteroatoms. The number of pyridine rings is 1. The third-order valence-corrected chi connectivity index (χ3v) is 5.62. The zero-order valence-corrected chi connectivity index (χ0v) is 17.2. The first-order valence-electron chi connectivity index (χ1n) is 10.4. The fourth-order valence-corrected chi connectivity index (χ4v) is 3.82. The molecule has 0 radical (unpaired) electrons. The molecule has 2 aromatic heterocycles. The number of hydrogen-bond acceptors (Lipinski definition) is 6. The number of amides is 2. The second-order valence-corrected chi connectivity index (χ2v) is 7.90. The van der Waals surface area contributed by atoms with Crippen LogP contribution in [0.5, 0.6) is 0 Å². The first kappa shape index (κ1) is 20.1. The van der Waals surface area contributed by atoms with Gasteiger partial charge in [0.05, 0.1) is 24.2 Å². The average molecular weight is 435 g/mol. The van der Waals surface area contributed by atoms with Crippen molar-refractivity contribution >= 4 is 28.5 Å². The van der Waals surface area contributed by atoms with Crippen LogP contribution < -0.4 is 16.6 Å². The van der Waals surface area contributed by atoms with Gasteiger partial charge >= 0.3 is 5.69 Å². The summed E-state index contributed by atoms with van der Waals surface area (Å²) >= 11 is 0. The van der Waals surface area contributed by atoms with Crippen LogP contribution in [0.2, 0.25) is 0 Å². The Balaban J connectivity index is 1.40. The Hall–Kier alpha value is -3.79. The van der Waals surface area contributed by atoms with Crippen molar-refractivity contribution in [3.8, 4) is 0 Å². The summed E-state index contributed by atoms with van der Waals surface area (Å²) in [5, 5.41) is 2.93. The number of aromatic nitrogens is 3. The molecule has 164 valence electrons. The van der Waals surface area contributed by atoms with Gasteiger partial charge < -0.3 is 15.0 Å². The van der Waals surface area contributed by atoms with E-state index in [1.807, 2.05) is 0 Å². The second kappa shape index (κ2) is 8.04. The Morgan fingerprint density at radius 2 is 1.88 bits per heavy atom. The predicted octanol–water partition coefficient (Wildman–Crippen LogP) is 1.14. The van der Waals surface area contributed by atoms with E-state index in [2.05, 4.69) is 15.3 Å². The monoisotopic (exact) mass is 435 g/mol. The van der Waals surface area contributed by atoms with Crippen LogP contribution in [-0.4, -0.2) is 57.6 Å². The number of aromatic amines is 1. The Labute approximate surface area is 181 Å². The summed E-state index contributed by atoms with van der Waals surface area (Å²) in [6.07, 6.45) is 3.05. The standard InChI is InChI=1S/C22H21N5O5/c28-19(24-15-3-1-2-13(10-15)21(30)26-6-8-32-9-7-26)14-11-17-18(23-12-14)27(16-4-5-16)22(31)25-20(17)29/h1-3,10-12,16H,4-9H2,(H,24,28)(H,25,29,31). The number of nitrogens with one attached hydrogen (secondary N) is 2. The first-order valence-corrected chi connectivity index (χ1v) is 10.4. The van der Waals surface area contributed by atoms with Gasteiger partial charge in [-0.1, -0.05) is 6.07 Å². The quantitative estimate of drug-likeness (QED) is 0.633. The number of H-pyrrole nitrogens is 1. The second-order valence-electron chi connectivity index (χ2n) is 7.90. The largest absolute Gasteiger partial charge is 0.378 e. The number of nitrogens with zero attached hydrogens (tertiary/aromatic N) is 3. The van der Waals surface area contributed by atoms with Gasteiger partial charge in [0, 0.05) is 36.6 Å². The summed E-state index contributed by atoms with van der Waals surface area (Å²) in [6, 6.07) is 8.14. The minimum absolute atomic E-state index is 0.0285. The molecule has 1 saturated heterocycles. The molecule has 0 unspecified atom stereocenters. The zero-order chi connectivity index (χ0) is 22.2. The van der Waals surface area contributed by atoms with Crippen molar-refractivity contribution in [3.63, 3.8) is 0 Å². The topological polar surface area (TPSA) is 126 Å². The smallest absolute Gasteiger partial charge is 0.330 e. The van der Waals surface area contributed by atoms with Gasteiger partial charge in [-0.2, -0.15) is 0 Å². The molecule has 2 aliphatic rings. The summed E-state index contributed by atoms with van der Waals surface area (Å²) < 4.78 is 6.75. The van der Waals surface area contributed by atoms with Crippen LogP contribution in [0.4, 0.5) is 5.69 Å². The molecule has 1 saturated carbocycles. The van der Waals surface area contributed by atoms with Crippen molar-refractivity contribution in [3.05, 3.63) is 68.5 Å². The predicted molar refractivity (Wildman–Crippen MR) is 116 cm³/mol. The normalized spacial score (nSPS) is 16.2. The number of benzene rings is 1. The fraction of sp³-hybridized carbons (Fsp3) is 0.318. The van der Waals surface area contributed by atoms with Gasteiger partial charge in [-0.05, 0) is 37.1 Å². The lowest BCUT2D eigenvalue weighted by Crippen LogP contribution is -2.40. The maximum absolute atomic E-state index is 12.8. The lowest BCUT2D eigenvalue weighted by molar-refractivity contribution is 0.0303. The Bertz CT molecular complexity index is 1330. The molecule has 5 rings (SSSR count). The number of anilines is 1. The molecular weight excluding hydrogens is 414 g/mol. The van der Waals surface area contributed by atoms with Crippen LogP contribution in [0, 0.1) is 0 Å². The number of carbonyl (C=O) groups excluding carboxylic acids is 2. The number of rotatable bonds is 4. The highest BCUT2D eigenvalue weighted by atomic mass is 16.5. The van der Waals surface area contributed by atoms with Crippen LogP contribution in [0.1, 0.15) is 39.6 Å². The third kappa shape index (κ3) is 3.80. The number of hydrogen-bond donors (Lipinski definition) is 2. The number of carbonyl (C=O) groups is 2. The maximum atomic E-state index is 12.8. The lowest BCUT2D eigenvalue weighted by Gasteiger charge is -2.27. The van der Waals surface area contributed by atoms with Gasteiger partial charge in [0.25, 0.3) is 17.4 Å². The van der Waals surface area contributed by atoms with Crippen LogP contribution in [0.25, 0.3) is 11.0 Å². The van der Waals surface area contributed by atoms with E-state index in [4.69, 9.17) is 4.74 Å². The number of fused-ring (bicyclic) bond motifs is 1. The van der Waals surface area contributed by atoms with Crippen LogP contribution in [0.3, 0.4) is 0 Å². The van der Waals surface area contributed by atoms with Crippen molar-refractivity contribution in [2.45, 2.75) is 18.9 Å². The highest BCUT2D eigenvalue weighted by Crippen LogP contribution is 2.34. The molecule has 2 fully saturated rings. The molecule has 1 aromatic carbocycles. The fourth-order valence-electron chi connectivity index (χ4n) is 3.82. The number of morpholine rings is 1. The Kier molecular flexibility index (Phi) is 5.06. The first-order chi connectivity index (χ1) is 15.5. The molecule has 0 atom stereocenters. The van der Waals surface area contributed by atoms with Gasteiger partial charge in [-0.3, -0.25) is 23.9 Å². The SMILES string of the molecule is O=C(Nc1cccc(C(=O)N2CCOCC2)c1)c1cnc2c(c1)c(=O)[nH]c(=O)n2C1CC1. The Morgan fingerprint density at radius 1 is 1.09 bits per heavy atom. The molecule has 3 aromatic rings. The molecule has 3 heterocycles. The third-order valence-electron chi connectivity index (χ3n) is 5.62. The molecule has 2 amide bonds. The van der Waals surface area contributed by atoms with E-state index in [9.17, 15) is 19.2 Å². The van der Waals surface area contributed by atoms with Gasteiger partial charge in [-0.25, -0.2) is 9.78 Å². The molecular formula is C22H21N5O5. The van der Waals surface area contributed by atoms with Crippen molar-refractivity contribution in [2.24, 2.45) is 0 Å². The van der Waals surface area contributed by atoms with Gasteiger partial charge in [0.1, 0.15) is 5.65 Å². The van der Waals surface area contributed by atoms with E-state index in [0.29, 0.717) is 37.6 Å². The van der Waals surface area contributed by atoms with Crippen molar-refractivity contribution in [2.75, 3.05) is 31.6 Å². The van der Waals surface area contributed by atoms with E-state index in [0.717, 1.165) is 12.8 Å². The minimum Gasteiger partial charge on any atom is -0.378 e. The molecule has 2 N–H and O–H groups in total. The van der Waals surface area contributed by atoms with Crippen LogP contribution >= 0.6 is 0 Å². The highest BCUT2D eigenvalue weighted by molar-refractivity contribution is 6.06. The summed E-state index contributed by atoms with van der Waals surface area (Å²) in [5.41, 5.74) is 0.292.